The third-order valence-electron chi connectivity index (χ3n) is 5.44. The molecule has 0 spiro atoms. The standard InChI is InChI=1S/C24H27N3O2/c1-19(17-26-14-8-9-15-26)24(28)27(18-20-10-4-2-5-11-20)23-16-22(25-29-23)21-12-6-3-7-13-21/h2-7,10-13,16,19H,8-9,14-15,17-18H2,1H3. The Balaban J connectivity index is 1.58. The van der Waals surface area contributed by atoms with Crippen LogP contribution in [0.2, 0.25) is 0 Å². The summed E-state index contributed by atoms with van der Waals surface area (Å²) >= 11 is 0. The molecule has 150 valence electrons. The molecule has 5 nitrogen and oxygen atoms in total. The number of anilines is 1. The number of carbonyl (C=O) groups is 1. The summed E-state index contributed by atoms with van der Waals surface area (Å²) in [6.07, 6.45) is 2.44. The van der Waals surface area contributed by atoms with Crippen LogP contribution in [-0.4, -0.2) is 35.6 Å². The number of benzene rings is 2. The van der Waals surface area contributed by atoms with Crippen LogP contribution in [0.4, 0.5) is 5.88 Å². The highest BCUT2D eigenvalue weighted by atomic mass is 16.5. The Morgan fingerprint density at radius 3 is 2.41 bits per heavy atom. The summed E-state index contributed by atoms with van der Waals surface area (Å²) in [5.74, 6) is 0.449. The van der Waals surface area contributed by atoms with Crippen molar-refractivity contribution in [3.8, 4) is 11.3 Å². The van der Waals surface area contributed by atoms with Crippen LogP contribution < -0.4 is 4.90 Å². The van der Waals surface area contributed by atoms with Gasteiger partial charge in [0.25, 0.3) is 0 Å². The minimum absolute atomic E-state index is 0.0662. The van der Waals surface area contributed by atoms with E-state index in [1.54, 1.807) is 4.90 Å². The van der Waals surface area contributed by atoms with Gasteiger partial charge in [-0.2, -0.15) is 0 Å². The molecule has 29 heavy (non-hydrogen) atoms. The van der Waals surface area contributed by atoms with Crippen molar-refractivity contribution in [2.45, 2.75) is 26.3 Å². The van der Waals surface area contributed by atoms with E-state index in [4.69, 9.17) is 4.52 Å². The molecule has 1 fully saturated rings. The number of rotatable bonds is 7. The van der Waals surface area contributed by atoms with Gasteiger partial charge in [-0.3, -0.25) is 9.69 Å². The molecule has 2 heterocycles. The number of hydrogen-bond acceptors (Lipinski definition) is 4. The van der Waals surface area contributed by atoms with Crippen molar-refractivity contribution in [2.24, 2.45) is 5.92 Å². The Bertz CT molecular complexity index is 918. The minimum atomic E-state index is -0.109. The Hall–Kier alpha value is -2.92. The summed E-state index contributed by atoms with van der Waals surface area (Å²) in [4.78, 5) is 17.5. The lowest BCUT2D eigenvalue weighted by Crippen LogP contribution is -2.39. The highest BCUT2D eigenvalue weighted by molar-refractivity contribution is 5.94. The fourth-order valence-electron chi connectivity index (χ4n) is 3.86. The normalized spacial score (nSPS) is 15.3. The first kappa shape index (κ1) is 19.4. The van der Waals surface area contributed by atoms with Crippen LogP contribution in [0.25, 0.3) is 11.3 Å². The van der Waals surface area contributed by atoms with Gasteiger partial charge >= 0.3 is 0 Å². The van der Waals surface area contributed by atoms with Gasteiger partial charge in [0.05, 0.1) is 6.54 Å². The van der Waals surface area contributed by atoms with E-state index in [1.807, 2.05) is 73.7 Å². The second-order valence-electron chi connectivity index (χ2n) is 7.74. The molecule has 3 aromatic rings. The minimum Gasteiger partial charge on any atom is -0.338 e. The predicted molar refractivity (Wildman–Crippen MR) is 114 cm³/mol. The van der Waals surface area contributed by atoms with Gasteiger partial charge in [0.15, 0.2) is 0 Å². The molecular weight excluding hydrogens is 362 g/mol. The van der Waals surface area contributed by atoms with Crippen molar-refractivity contribution in [1.82, 2.24) is 10.1 Å². The maximum atomic E-state index is 13.4. The van der Waals surface area contributed by atoms with Gasteiger partial charge in [-0.1, -0.05) is 72.7 Å². The summed E-state index contributed by atoms with van der Waals surface area (Å²) in [5, 5.41) is 4.21. The molecule has 0 saturated carbocycles. The van der Waals surface area contributed by atoms with Crippen LogP contribution >= 0.6 is 0 Å². The van der Waals surface area contributed by atoms with E-state index in [1.165, 1.54) is 12.8 Å². The number of hydrogen-bond donors (Lipinski definition) is 0. The summed E-state index contributed by atoms with van der Waals surface area (Å²) in [6, 6.07) is 21.7. The average Bonchev–Trinajstić information content (AvgIpc) is 3.45. The van der Waals surface area contributed by atoms with Crippen molar-refractivity contribution >= 4 is 11.8 Å². The Morgan fingerprint density at radius 1 is 1.07 bits per heavy atom. The van der Waals surface area contributed by atoms with Crippen LogP contribution in [-0.2, 0) is 11.3 Å². The molecule has 1 aliphatic heterocycles. The maximum absolute atomic E-state index is 13.4. The average molecular weight is 389 g/mol. The third kappa shape index (κ3) is 4.74. The molecule has 1 atom stereocenters. The summed E-state index contributed by atoms with van der Waals surface area (Å²) in [7, 11) is 0. The van der Waals surface area contributed by atoms with Gasteiger partial charge in [-0.25, -0.2) is 0 Å². The molecule has 0 aliphatic carbocycles. The zero-order valence-corrected chi connectivity index (χ0v) is 16.8. The van der Waals surface area contributed by atoms with E-state index in [0.717, 1.165) is 36.5 Å². The lowest BCUT2D eigenvalue weighted by atomic mass is 10.1. The second kappa shape index (κ2) is 9.05. The highest BCUT2D eigenvalue weighted by Crippen LogP contribution is 2.27. The smallest absolute Gasteiger partial charge is 0.234 e. The zero-order valence-electron chi connectivity index (χ0n) is 16.8. The van der Waals surface area contributed by atoms with E-state index in [2.05, 4.69) is 10.1 Å². The number of amides is 1. The molecule has 0 N–H and O–H groups in total. The Labute approximate surface area is 171 Å². The van der Waals surface area contributed by atoms with Crippen LogP contribution in [0.3, 0.4) is 0 Å². The maximum Gasteiger partial charge on any atom is 0.234 e. The molecule has 4 rings (SSSR count). The van der Waals surface area contributed by atoms with E-state index in [9.17, 15) is 4.79 Å². The van der Waals surface area contributed by atoms with E-state index >= 15 is 0 Å². The third-order valence-corrected chi connectivity index (χ3v) is 5.44. The second-order valence-corrected chi connectivity index (χ2v) is 7.74. The van der Waals surface area contributed by atoms with Crippen molar-refractivity contribution in [3.05, 3.63) is 72.3 Å². The molecule has 1 amide bonds. The quantitative estimate of drug-likeness (QED) is 0.592. The summed E-state index contributed by atoms with van der Waals surface area (Å²) < 4.78 is 5.64. The van der Waals surface area contributed by atoms with Crippen molar-refractivity contribution in [2.75, 3.05) is 24.5 Å². The topological polar surface area (TPSA) is 49.6 Å². The first-order valence-corrected chi connectivity index (χ1v) is 10.3. The Kier molecular flexibility index (Phi) is 6.06. The highest BCUT2D eigenvalue weighted by Gasteiger charge is 2.27. The molecule has 1 saturated heterocycles. The summed E-state index contributed by atoms with van der Waals surface area (Å²) in [6.45, 7) is 5.41. The van der Waals surface area contributed by atoms with Crippen LogP contribution in [0.15, 0.2) is 71.3 Å². The van der Waals surface area contributed by atoms with Crippen LogP contribution in [0.5, 0.6) is 0 Å². The summed E-state index contributed by atoms with van der Waals surface area (Å²) in [5.41, 5.74) is 2.77. The largest absolute Gasteiger partial charge is 0.338 e. The van der Waals surface area contributed by atoms with Gasteiger partial charge in [-0.15, -0.1) is 0 Å². The molecule has 1 unspecified atom stereocenters. The van der Waals surface area contributed by atoms with Gasteiger partial charge in [0.2, 0.25) is 11.8 Å². The van der Waals surface area contributed by atoms with Gasteiger partial charge in [-0.05, 0) is 31.5 Å². The molecule has 1 aliphatic rings. The lowest BCUT2D eigenvalue weighted by molar-refractivity contribution is -0.122. The molecule has 5 heteroatoms. The van der Waals surface area contributed by atoms with Crippen molar-refractivity contribution < 1.29 is 9.32 Å². The van der Waals surface area contributed by atoms with Gasteiger partial charge in [0.1, 0.15) is 5.69 Å². The lowest BCUT2D eigenvalue weighted by Gasteiger charge is -2.26. The predicted octanol–water partition coefficient (Wildman–Crippen LogP) is 4.61. The first-order chi connectivity index (χ1) is 14.2. The molecule has 0 bridgehead atoms. The SMILES string of the molecule is CC(CN1CCCC1)C(=O)N(Cc1ccccc1)c1cc(-c2ccccc2)no1. The molecule has 1 aromatic heterocycles. The van der Waals surface area contributed by atoms with Crippen LogP contribution in [0, 0.1) is 5.92 Å². The van der Waals surface area contributed by atoms with Gasteiger partial charge in [0, 0.05) is 24.1 Å². The zero-order chi connectivity index (χ0) is 20.1. The molecular formula is C24H27N3O2. The van der Waals surface area contributed by atoms with Crippen molar-refractivity contribution in [3.63, 3.8) is 0 Å². The number of nitrogens with zero attached hydrogens (tertiary/aromatic N) is 3. The first-order valence-electron chi connectivity index (χ1n) is 10.3. The Morgan fingerprint density at radius 2 is 1.72 bits per heavy atom. The van der Waals surface area contributed by atoms with E-state index < -0.39 is 0 Å². The van der Waals surface area contributed by atoms with Crippen molar-refractivity contribution in [1.29, 1.82) is 0 Å². The molecule has 2 aromatic carbocycles. The monoisotopic (exact) mass is 389 g/mol. The van der Waals surface area contributed by atoms with E-state index in [0.29, 0.717) is 12.4 Å². The number of carbonyl (C=O) groups excluding carboxylic acids is 1. The van der Waals surface area contributed by atoms with Gasteiger partial charge < -0.3 is 9.42 Å². The molecule has 0 radical (unpaired) electrons. The fraction of sp³-hybridized carbons (Fsp3) is 0.333. The fourth-order valence-corrected chi connectivity index (χ4v) is 3.86. The number of aromatic nitrogens is 1. The van der Waals surface area contributed by atoms with E-state index in [-0.39, 0.29) is 11.8 Å². The van der Waals surface area contributed by atoms with Crippen LogP contribution in [0.1, 0.15) is 25.3 Å². The number of likely N-dealkylation sites (tertiary alicyclic amines) is 1.